The molecule has 1 aromatic carbocycles. The van der Waals surface area contributed by atoms with Gasteiger partial charge < -0.3 is 4.74 Å². The topological polar surface area (TPSA) is 9.23 Å². The van der Waals surface area contributed by atoms with Gasteiger partial charge in [-0.25, -0.2) is 4.39 Å². The van der Waals surface area contributed by atoms with Crippen LogP contribution in [0.15, 0.2) is 42.5 Å². The SMILES string of the molecule is CCOc1ccc(F)cc1CC1C=CC=CC1. The normalized spacial score (nSPS) is 18.4. The van der Waals surface area contributed by atoms with Gasteiger partial charge in [0.1, 0.15) is 11.6 Å². The fourth-order valence-electron chi connectivity index (χ4n) is 2.07. The van der Waals surface area contributed by atoms with E-state index in [2.05, 4.69) is 12.2 Å². The molecule has 0 bridgehead atoms. The van der Waals surface area contributed by atoms with Crippen molar-refractivity contribution in [3.05, 3.63) is 53.9 Å². The molecule has 0 spiro atoms. The van der Waals surface area contributed by atoms with Crippen molar-refractivity contribution in [1.29, 1.82) is 0 Å². The standard InChI is InChI=1S/C15H17FO/c1-2-17-15-9-8-14(16)11-13(15)10-12-6-4-3-5-7-12/h3-6,8-9,11-12H,2,7,10H2,1H3. The molecule has 1 unspecified atom stereocenters. The van der Waals surface area contributed by atoms with Crippen molar-refractivity contribution in [1.82, 2.24) is 0 Å². The van der Waals surface area contributed by atoms with Gasteiger partial charge in [0.2, 0.25) is 0 Å². The Morgan fingerprint density at radius 1 is 1.35 bits per heavy atom. The third kappa shape index (κ3) is 3.19. The molecule has 17 heavy (non-hydrogen) atoms. The highest BCUT2D eigenvalue weighted by molar-refractivity contribution is 5.35. The maximum Gasteiger partial charge on any atom is 0.123 e. The van der Waals surface area contributed by atoms with E-state index in [0.29, 0.717) is 12.5 Å². The Bertz CT molecular complexity index is 435. The molecule has 0 saturated carbocycles. The van der Waals surface area contributed by atoms with Crippen LogP contribution in [0.5, 0.6) is 5.75 Å². The summed E-state index contributed by atoms with van der Waals surface area (Å²) in [7, 11) is 0. The minimum absolute atomic E-state index is 0.196. The Kier molecular flexibility index (Phi) is 3.97. The minimum atomic E-state index is -0.196. The van der Waals surface area contributed by atoms with Crippen LogP contribution in [0.3, 0.4) is 0 Å². The Balaban J connectivity index is 2.15. The number of allylic oxidation sites excluding steroid dienone is 4. The zero-order valence-electron chi connectivity index (χ0n) is 10.0. The second-order valence-electron chi connectivity index (χ2n) is 4.20. The van der Waals surface area contributed by atoms with Gasteiger partial charge in [-0.3, -0.25) is 0 Å². The highest BCUT2D eigenvalue weighted by Gasteiger charge is 2.11. The summed E-state index contributed by atoms with van der Waals surface area (Å²) in [6.07, 6.45) is 10.2. The molecule has 0 aliphatic heterocycles. The van der Waals surface area contributed by atoms with Gasteiger partial charge in [-0.1, -0.05) is 24.3 Å². The second-order valence-corrected chi connectivity index (χ2v) is 4.20. The largest absolute Gasteiger partial charge is 0.494 e. The van der Waals surface area contributed by atoms with Gasteiger partial charge in [0.05, 0.1) is 6.61 Å². The van der Waals surface area contributed by atoms with E-state index < -0.39 is 0 Å². The van der Waals surface area contributed by atoms with Crippen LogP contribution in [0.1, 0.15) is 18.9 Å². The zero-order chi connectivity index (χ0) is 12.1. The van der Waals surface area contributed by atoms with E-state index >= 15 is 0 Å². The van der Waals surface area contributed by atoms with Gasteiger partial charge in [0.25, 0.3) is 0 Å². The molecule has 0 saturated heterocycles. The summed E-state index contributed by atoms with van der Waals surface area (Å²) in [5.41, 5.74) is 0.955. The van der Waals surface area contributed by atoms with E-state index in [1.807, 2.05) is 19.1 Å². The molecule has 0 radical (unpaired) electrons. The quantitative estimate of drug-likeness (QED) is 0.765. The summed E-state index contributed by atoms with van der Waals surface area (Å²) in [6, 6.07) is 4.75. The van der Waals surface area contributed by atoms with Gasteiger partial charge in [-0.2, -0.15) is 0 Å². The maximum atomic E-state index is 13.3. The van der Waals surface area contributed by atoms with Crippen LogP contribution in [-0.2, 0) is 6.42 Å². The Labute approximate surface area is 102 Å². The van der Waals surface area contributed by atoms with E-state index in [1.165, 1.54) is 6.07 Å². The van der Waals surface area contributed by atoms with Gasteiger partial charge in [-0.05, 0) is 49.4 Å². The van der Waals surface area contributed by atoms with Crippen molar-refractivity contribution >= 4 is 0 Å². The molecule has 0 amide bonds. The van der Waals surface area contributed by atoms with Crippen LogP contribution < -0.4 is 4.74 Å². The van der Waals surface area contributed by atoms with Crippen LogP contribution in [0.4, 0.5) is 4.39 Å². The molecule has 0 fully saturated rings. The number of halogens is 1. The Morgan fingerprint density at radius 3 is 2.94 bits per heavy atom. The summed E-state index contributed by atoms with van der Waals surface area (Å²) in [4.78, 5) is 0. The van der Waals surface area contributed by atoms with E-state index in [9.17, 15) is 4.39 Å². The fraction of sp³-hybridized carbons (Fsp3) is 0.333. The predicted octanol–water partition coefficient (Wildman–Crippen LogP) is 3.90. The average Bonchev–Trinajstić information content (AvgIpc) is 2.34. The van der Waals surface area contributed by atoms with Crippen molar-refractivity contribution in [3.8, 4) is 5.75 Å². The van der Waals surface area contributed by atoms with Crippen molar-refractivity contribution in [2.75, 3.05) is 6.61 Å². The highest BCUT2D eigenvalue weighted by Crippen LogP contribution is 2.25. The van der Waals surface area contributed by atoms with Crippen molar-refractivity contribution in [2.45, 2.75) is 19.8 Å². The van der Waals surface area contributed by atoms with Gasteiger partial charge in [0, 0.05) is 0 Å². The van der Waals surface area contributed by atoms with Crippen molar-refractivity contribution in [2.24, 2.45) is 5.92 Å². The molecule has 90 valence electrons. The van der Waals surface area contributed by atoms with Crippen LogP contribution in [0, 0.1) is 11.7 Å². The number of hydrogen-bond acceptors (Lipinski definition) is 1. The third-order valence-corrected chi connectivity index (χ3v) is 2.87. The number of hydrogen-bond donors (Lipinski definition) is 0. The Hall–Kier alpha value is -1.57. The van der Waals surface area contributed by atoms with Crippen LogP contribution in [0.2, 0.25) is 0 Å². The number of benzene rings is 1. The molecule has 1 aliphatic rings. The number of rotatable bonds is 4. The van der Waals surface area contributed by atoms with Gasteiger partial charge >= 0.3 is 0 Å². The first-order valence-corrected chi connectivity index (χ1v) is 6.04. The van der Waals surface area contributed by atoms with E-state index in [4.69, 9.17) is 4.74 Å². The van der Waals surface area contributed by atoms with E-state index in [1.54, 1.807) is 12.1 Å². The summed E-state index contributed by atoms with van der Waals surface area (Å²) >= 11 is 0. The smallest absolute Gasteiger partial charge is 0.123 e. The summed E-state index contributed by atoms with van der Waals surface area (Å²) in [6.45, 7) is 2.55. The lowest BCUT2D eigenvalue weighted by molar-refractivity contribution is 0.334. The molecule has 0 heterocycles. The zero-order valence-corrected chi connectivity index (χ0v) is 10.0. The first kappa shape index (κ1) is 11.9. The van der Waals surface area contributed by atoms with E-state index in [-0.39, 0.29) is 5.82 Å². The third-order valence-electron chi connectivity index (χ3n) is 2.87. The molecule has 1 aliphatic carbocycles. The average molecular weight is 232 g/mol. The lowest BCUT2D eigenvalue weighted by Crippen LogP contribution is -2.05. The maximum absolute atomic E-state index is 13.3. The first-order valence-electron chi connectivity index (χ1n) is 6.04. The van der Waals surface area contributed by atoms with Crippen LogP contribution >= 0.6 is 0 Å². The van der Waals surface area contributed by atoms with Crippen molar-refractivity contribution < 1.29 is 9.13 Å². The van der Waals surface area contributed by atoms with Crippen LogP contribution in [-0.4, -0.2) is 6.61 Å². The summed E-state index contributed by atoms with van der Waals surface area (Å²) in [5, 5.41) is 0. The molecule has 0 aromatic heterocycles. The molecule has 1 nitrogen and oxygen atoms in total. The molecular formula is C15H17FO. The molecular weight excluding hydrogens is 215 g/mol. The van der Waals surface area contributed by atoms with Crippen LogP contribution in [0.25, 0.3) is 0 Å². The number of ether oxygens (including phenoxy) is 1. The summed E-state index contributed by atoms with van der Waals surface area (Å²) in [5.74, 6) is 1.05. The molecule has 1 aromatic rings. The highest BCUT2D eigenvalue weighted by atomic mass is 19.1. The minimum Gasteiger partial charge on any atom is -0.494 e. The monoisotopic (exact) mass is 232 g/mol. The van der Waals surface area contributed by atoms with Crippen molar-refractivity contribution in [3.63, 3.8) is 0 Å². The van der Waals surface area contributed by atoms with Gasteiger partial charge in [-0.15, -0.1) is 0 Å². The van der Waals surface area contributed by atoms with Gasteiger partial charge in [0.15, 0.2) is 0 Å². The molecule has 2 heteroatoms. The molecule has 2 rings (SSSR count). The Morgan fingerprint density at radius 2 is 2.24 bits per heavy atom. The van der Waals surface area contributed by atoms with E-state index in [0.717, 1.165) is 24.2 Å². The lowest BCUT2D eigenvalue weighted by Gasteiger charge is -2.16. The fourth-order valence-corrected chi connectivity index (χ4v) is 2.07. The first-order chi connectivity index (χ1) is 8.29. The molecule has 0 N–H and O–H groups in total. The summed E-state index contributed by atoms with van der Waals surface area (Å²) < 4.78 is 18.8. The lowest BCUT2D eigenvalue weighted by atomic mass is 9.93. The predicted molar refractivity (Wildman–Crippen MR) is 67.7 cm³/mol. The second kappa shape index (κ2) is 5.67. The molecule has 1 atom stereocenters.